The van der Waals surface area contributed by atoms with E-state index in [0.717, 1.165) is 6.54 Å². The zero-order chi connectivity index (χ0) is 10.7. The third-order valence-electron chi connectivity index (χ3n) is 3.17. The van der Waals surface area contributed by atoms with Crippen LogP contribution in [0.5, 0.6) is 0 Å². The number of hydrogen-bond acceptors (Lipinski definition) is 4. The van der Waals surface area contributed by atoms with Crippen molar-refractivity contribution in [2.24, 2.45) is 0 Å². The van der Waals surface area contributed by atoms with E-state index in [-0.39, 0.29) is 6.61 Å². The summed E-state index contributed by atoms with van der Waals surface area (Å²) in [6.45, 7) is 2.02. The minimum absolute atomic E-state index is 0.0313. The summed E-state index contributed by atoms with van der Waals surface area (Å²) in [6.07, 6.45) is 5.52. The van der Waals surface area contributed by atoms with E-state index >= 15 is 0 Å². The average Bonchev–Trinajstić information content (AvgIpc) is 2.69. The van der Waals surface area contributed by atoms with Crippen LogP contribution < -0.4 is 0 Å². The third kappa shape index (κ3) is 2.35. The fourth-order valence-corrected chi connectivity index (χ4v) is 2.16. The Balaban J connectivity index is 2.01. The van der Waals surface area contributed by atoms with Crippen LogP contribution in [0.1, 0.15) is 25.1 Å². The predicted octanol–water partition coefficient (Wildman–Crippen LogP) is 0.255. The number of rotatable bonds is 3. The molecule has 2 rings (SSSR count). The van der Waals surface area contributed by atoms with Crippen molar-refractivity contribution < 1.29 is 5.11 Å². The van der Waals surface area contributed by atoms with Gasteiger partial charge in [0.1, 0.15) is 12.9 Å². The molecule has 0 spiro atoms. The number of hydrogen-bond donors (Lipinski definition) is 1. The van der Waals surface area contributed by atoms with Gasteiger partial charge in [-0.25, -0.2) is 0 Å². The molecular weight excluding hydrogens is 192 g/mol. The molecule has 0 aliphatic carbocycles. The zero-order valence-corrected chi connectivity index (χ0v) is 9.13. The minimum atomic E-state index is -0.0313. The lowest BCUT2D eigenvalue weighted by Gasteiger charge is -2.32. The van der Waals surface area contributed by atoms with Crippen molar-refractivity contribution in [3.8, 4) is 0 Å². The van der Waals surface area contributed by atoms with Gasteiger partial charge in [-0.1, -0.05) is 6.42 Å². The lowest BCUT2D eigenvalue weighted by Crippen LogP contribution is -2.39. The Morgan fingerprint density at radius 1 is 1.53 bits per heavy atom. The van der Waals surface area contributed by atoms with Crippen molar-refractivity contribution in [3.63, 3.8) is 0 Å². The second-order valence-electron chi connectivity index (χ2n) is 4.19. The molecule has 1 saturated heterocycles. The van der Waals surface area contributed by atoms with Gasteiger partial charge >= 0.3 is 0 Å². The molecule has 0 amide bonds. The maximum absolute atomic E-state index is 9.07. The molecule has 1 aromatic rings. The molecule has 1 N–H and O–H groups in total. The molecule has 0 saturated carbocycles. The van der Waals surface area contributed by atoms with E-state index in [2.05, 4.69) is 22.1 Å². The maximum Gasteiger partial charge on any atom is 0.158 e. The number of nitrogens with zero attached hydrogens (tertiary/aromatic N) is 4. The van der Waals surface area contributed by atoms with E-state index in [1.807, 2.05) is 4.57 Å². The highest BCUT2D eigenvalue weighted by Gasteiger charge is 2.20. The number of likely N-dealkylation sites (tertiary alicyclic amines) is 1. The quantitative estimate of drug-likeness (QED) is 0.777. The highest BCUT2D eigenvalue weighted by atomic mass is 16.3. The van der Waals surface area contributed by atoms with E-state index in [4.69, 9.17) is 5.11 Å². The van der Waals surface area contributed by atoms with E-state index in [1.165, 1.54) is 25.8 Å². The molecule has 0 aromatic carbocycles. The highest BCUT2D eigenvalue weighted by molar-refractivity contribution is 4.85. The molecule has 1 unspecified atom stereocenters. The van der Waals surface area contributed by atoms with Gasteiger partial charge in [0, 0.05) is 12.6 Å². The second kappa shape index (κ2) is 4.72. The lowest BCUT2D eigenvalue weighted by atomic mass is 10.0. The first-order valence-corrected chi connectivity index (χ1v) is 5.49. The summed E-state index contributed by atoms with van der Waals surface area (Å²) in [5, 5.41) is 16.8. The predicted molar refractivity (Wildman–Crippen MR) is 56.2 cm³/mol. The van der Waals surface area contributed by atoms with Crippen LogP contribution in [-0.2, 0) is 13.2 Å². The molecule has 5 nitrogen and oxygen atoms in total. The fourth-order valence-electron chi connectivity index (χ4n) is 2.16. The molecule has 1 aliphatic rings. The minimum Gasteiger partial charge on any atom is -0.388 e. The molecule has 1 fully saturated rings. The number of piperidine rings is 1. The summed E-state index contributed by atoms with van der Waals surface area (Å²) in [6, 6.07) is 0.556. The number of aliphatic hydroxyl groups excluding tert-OH is 1. The second-order valence-corrected chi connectivity index (χ2v) is 4.19. The summed E-state index contributed by atoms with van der Waals surface area (Å²) in [5.41, 5.74) is 0. The molecule has 0 bridgehead atoms. The molecular formula is C10H18N4O. The van der Waals surface area contributed by atoms with Gasteiger partial charge in [0.25, 0.3) is 0 Å². The van der Waals surface area contributed by atoms with Gasteiger partial charge in [0.15, 0.2) is 5.82 Å². The topological polar surface area (TPSA) is 54.2 Å². The standard InChI is InChI=1S/C10H18N4O/c1-13-5-3-2-4-9(13)6-14-8-11-12-10(14)7-15/h8-9,15H,2-7H2,1H3. The van der Waals surface area contributed by atoms with Crippen LogP contribution in [0.4, 0.5) is 0 Å². The molecule has 1 aromatic heterocycles. The van der Waals surface area contributed by atoms with E-state index in [1.54, 1.807) is 6.33 Å². The number of aromatic nitrogens is 3. The molecule has 1 aliphatic heterocycles. The van der Waals surface area contributed by atoms with E-state index in [9.17, 15) is 0 Å². The Morgan fingerprint density at radius 2 is 2.40 bits per heavy atom. The summed E-state index contributed by atoms with van der Waals surface area (Å²) in [7, 11) is 2.16. The normalized spacial score (nSPS) is 23.2. The molecule has 2 heterocycles. The Bertz CT molecular complexity index is 312. The zero-order valence-electron chi connectivity index (χ0n) is 9.13. The van der Waals surface area contributed by atoms with Crippen molar-refractivity contribution in [1.29, 1.82) is 0 Å². The summed E-state index contributed by atoms with van der Waals surface area (Å²) in [5.74, 6) is 0.661. The average molecular weight is 210 g/mol. The molecule has 5 heteroatoms. The monoisotopic (exact) mass is 210 g/mol. The largest absolute Gasteiger partial charge is 0.388 e. The van der Waals surface area contributed by atoms with Gasteiger partial charge in [-0.05, 0) is 26.4 Å². The first-order chi connectivity index (χ1) is 7.31. The van der Waals surface area contributed by atoms with Crippen molar-refractivity contribution in [2.75, 3.05) is 13.6 Å². The van der Waals surface area contributed by atoms with Crippen LogP contribution in [0.15, 0.2) is 6.33 Å². The summed E-state index contributed by atoms with van der Waals surface area (Å²) >= 11 is 0. The number of aliphatic hydroxyl groups is 1. The summed E-state index contributed by atoms with van der Waals surface area (Å²) < 4.78 is 1.95. The Hall–Kier alpha value is -0.940. The van der Waals surface area contributed by atoms with Crippen LogP contribution in [0.2, 0.25) is 0 Å². The SMILES string of the molecule is CN1CCCCC1Cn1cnnc1CO. The van der Waals surface area contributed by atoms with E-state index < -0.39 is 0 Å². The lowest BCUT2D eigenvalue weighted by molar-refractivity contribution is 0.163. The first kappa shape index (κ1) is 10.6. The van der Waals surface area contributed by atoms with Crippen molar-refractivity contribution in [1.82, 2.24) is 19.7 Å². The highest BCUT2D eigenvalue weighted by Crippen LogP contribution is 2.16. The van der Waals surface area contributed by atoms with Crippen LogP contribution in [0.25, 0.3) is 0 Å². The third-order valence-corrected chi connectivity index (χ3v) is 3.17. The smallest absolute Gasteiger partial charge is 0.158 e. The van der Waals surface area contributed by atoms with Crippen LogP contribution >= 0.6 is 0 Å². The molecule has 1 atom stereocenters. The fraction of sp³-hybridized carbons (Fsp3) is 0.800. The van der Waals surface area contributed by atoms with Crippen LogP contribution in [0.3, 0.4) is 0 Å². The van der Waals surface area contributed by atoms with Gasteiger partial charge in [0.05, 0.1) is 0 Å². The Labute approximate surface area is 89.7 Å². The van der Waals surface area contributed by atoms with Crippen molar-refractivity contribution in [3.05, 3.63) is 12.2 Å². The van der Waals surface area contributed by atoms with Crippen LogP contribution in [0, 0.1) is 0 Å². The molecule has 0 radical (unpaired) electrons. The molecule has 84 valence electrons. The van der Waals surface area contributed by atoms with Crippen molar-refractivity contribution >= 4 is 0 Å². The van der Waals surface area contributed by atoms with Gasteiger partial charge in [-0.2, -0.15) is 0 Å². The van der Waals surface area contributed by atoms with Crippen LogP contribution in [-0.4, -0.2) is 44.4 Å². The Morgan fingerprint density at radius 3 is 3.13 bits per heavy atom. The van der Waals surface area contributed by atoms with Gasteiger partial charge in [-0.15, -0.1) is 10.2 Å². The van der Waals surface area contributed by atoms with E-state index in [0.29, 0.717) is 11.9 Å². The van der Waals surface area contributed by atoms with Gasteiger partial charge < -0.3 is 14.6 Å². The number of likely N-dealkylation sites (N-methyl/N-ethyl adjacent to an activating group) is 1. The first-order valence-electron chi connectivity index (χ1n) is 5.49. The van der Waals surface area contributed by atoms with Gasteiger partial charge in [-0.3, -0.25) is 0 Å². The Kier molecular flexibility index (Phi) is 3.33. The molecule has 15 heavy (non-hydrogen) atoms. The van der Waals surface area contributed by atoms with Crippen molar-refractivity contribution in [2.45, 2.75) is 38.5 Å². The van der Waals surface area contributed by atoms with Gasteiger partial charge in [0.2, 0.25) is 0 Å². The maximum atomic E-state index is 9.07. The summed E-state index contributed by atoms with van der Waals surface area (Å²) in [4.78, 5) is 2.38.